The third-order valence-electron chi connectivity index (χ3n) is 5.45. The van der Waals surface area contributed by atoms with E-state index in [1.165, 1.54) is 30.3 Å². The van der Waals surface area contributed by atoms with E-state index >= 15 is 0 Å². The number of amides is 1. The number of fused-ring (bicyclic) bond motifs is 1. The number of sulfonamides is 1. The van der Waals surface area contributed by atoms with Gasteiger partial charge >= 0.3 is 5.97 Å². The molecule has 2 aromatic rings. The Hall–Kier alpha value is -3.71. The zero-order valence-electron chi connectivity index (χ0n) is 20.2. The van der Waals surface area contributed by atoms with Crippen LogP contribution in [-0.2, 0) is 24.3 Å². The van der Waals surface area contributed by atoms with E-state index in [9.17, 15) is 28.1 Å². The standard InChI is InChI=1S/C23H27N3O9S/c1-13(2)22(25-36(31,32)16-5-6-19-20(11-16)34-8-7-33-19)23(28)35-12-21(27)24-17-9-14(3)15(4)10-18(17)26(29)30/h5-6,9-11,13,22,25H,7-8,12H2,1-4H3,(H,24,27)/t22-/m0/s1. The van der Waals surface area contributed by atoms with Crippen molar-refractivity contribution in [3.05, 3.63) is 51.6 Å². The highest BCUT2D eigenvalue weighted by Crippen LogP contribution is 2.32. The molecule has 0 unspecified atom stereocenters. The summed E-state index contributed by atoms with van der Waals surface area (Å²) in [5.41, 5.74) is 1.06. The van der Waals surface area contributed by atoms with Crippen molar-refractivity contribution in [1.29, 1.82) is 0 Å². The van der Waals surface area contributed by atoms with Gasteiger partial charge in [0, 0.05) is 12.1 Å². The lowest BCUT2D eigenvalue weighted by atomic mass is 10.1. The molecule has 12 nitrogen and oxygen atoms in total. The molecule has 36 heavy (non-hydrogen) atoms. The summed E-state index contributed by atoms with van der Waals surface area (Å²) in [6, 6.07) is 5.56. The smallest absolute Gasteiger partial charge is 0.324 e. The summed E-state index contributed by atoms with van der Waals surface area (Å²) in [7, 11) is -4.16. The molecule has 13 heteroatoms. The number of ether oxygens (including phenoxy) is 3. The Morgan fingerprint density at radius 1 is 1.08 bits per heavy atom. The van der Waals surface area contributed by atoms with Crippen LogP contribution in [0, 0.1) is 29.9 Å². The SMILES string of the molecule is Cc1cc(NC(=O)COC(=O)[C@@H](NS(=O)(=O)c2ccc3c(c2)OCCO3)C(C)C)c([N+](=O)[O-])cc1C. The molecule has 0 fully saturated rings. The lowest BCUT2D eigenvalue weighted by molar-refractivity contribution is -0.384. The summed E-state index contributed by atoms with van der Waals surface area (Å²) in [6.45, 7) is 6.51. The first-order chi connectivity index (χ1) is 16.9. The van der Waals surface area contributed by atoms with Crippen molar-refractivity contribution in [1.82, 2.24) is 4.72 Å². The van der Waals surface area contributed by atoms with Gasteiger partial charge in [0.15, 0.2) is 18.1 Å². The maximum Gasteiger partial charge on any atom is 0.324 e. The van der Waals surface area contributed by atoms with Gasteiger partial charge in [-0.15, -0.1) is 0 Å². The van der Waals surface area contributed by atoms with Crippen LogP contribution in [0.25, 0.3) is 0 Å². The van der Waals surface area contributed by atoms with Crippen LogP contribution in [-0.4, -0.2) is 51.1 Å². The third kappa shape index (κ3) is 6.29. The number of carbonyl (C=O) groups is 2. The van der Waals surface area contributed by atoms with Gasteiger partial charge in [-0.25, -0.2) is 8.42 Å². The maximum absolute atomic E-state index is 12.9. The van der Waals surface area contributed by atoms with Gasteiger partial charge in [0.1, 0.15) is 24.9 Å². The van der Waals surface area contributed by atoms with Crippen LogP contribution in [0.15, 0.2) is 35.2 Å². The van der Waals surface area contributed by atoms with Crippen molar-refractivity contribution in [3.63, 3.8) is 0 Å². The summed E-state index contributed by atoms with van der Waals surface area (Å²) in [5.74, 6) is -1.63. The van der Waals surface area contributed by atoms with Gasteiger partial charge in [-0.2, -0.15) is 4.72 Å². The molecule has 1 aliphatic heterocycles. The zero-order chi connectivity index (χ0) is 26.6. The van der Waals surface area contributed by atoms with Gasteiger partial charge < -0.3 is 19.5 Å². The van der Waals surface area contributed by atoms with E-state index < -0.39 is 45.4 Å². The Morgan fingerprint density at radius 2 is 1.72 bits per heavy atom. The van der Waals surface area contributed by atoms with Crippen LogP contribution in [0.2, 0.25) is 0 Å². The quantitative estimate of drug-likeness (QED) is 0.287. The molecule has 0 aromatic heterocycles. The molecule has 0 spiro atoms. The predicted molar refractivity (Wildman–Crippen MR) is 129 cm³/mol. The van der Waals surface area contributed by atoms with Crippen LogP contribution in [0.5, 0.6) is 11.5 Å². The molecule has 2 aromatic carbocycles. The number of esters is 1. The fourth-order valence-corrected chi connectivity index (χ4v) is 4.70. The molecule has 0 saturated carbocycles. The van der Waals surface area contributed by atoms with Gasteiger partial charge in [0.25, 0.3) is 11.6 Å². The first kappa shape index (κ1) is 26.9. The van der Waals surface area contributed by atoms with Crippen LogP contribution in [0.4, 0.5) is 11.4 Å². The van der Waals surface area contributed by atoms with Crippen LogP contribution < -0.4 is 19.5 Å². The Labute approximate surface area is 208 Å². The third-order valence-corrected chi connectivity index (χ3v) is 6.89. The Bertz CT molecular complexity index is 1290. The number of nitrogens with one attached hydrogen (secondary N) is 2. The second-order valence-corrected chi connectivity index (χ2v) is 10.2. The fourth-order valence-electron chi connectivity index (χ4n) is 3.35. The minimum Gasteiger partial charge on any atom is -0.486 e. The lowest BCUT2D eigenvalue weighted by Crippen LogP contribution is -2.45. The molecular formula is C23H27N3O9S. The number of nitro benzene ring substituents is 1. The summed E-state index contributed by atoms with van der Waals surface area (Å²) in [4.78, 5) is 35.6. The van der Waals surface area contributed by atoms with Crippen molar-refractivity contribution < 1.29 is 37.1 Å². The number of hydrogen-bond acceptors (Lipinski definition) is 9. The minimum atomic E-state index is -4.16. The topological polar surface area (TPSA) is 163 Å². The van der Waals surface area contributed by atoms with Gasteiger partial charge in [-0.3, -0.25) is 19.7 Å². The minimum absolute atomic E-state index is 0.0381. The van der Waals surface area contributed by atoms with E-state index in [0.29, 0.717) is 17.9 Å². The van der Waals surface area contributed by atoms with Gasteiger partial charge in [0.2, 0.25) is 10.0 Å². The highest BCUT2D eigenvalue weighted by molar-refractivity contribution is 7.89. The van der Waals surface area contributed by atoms with E-state index in [-0.39, 0.29) is 28.6 Å². The summed E-state index contributed by atoms with van der Waals surface area (Å²) < 4.78 is 44.0. The van der Waals surface area contributed by atoms with E-state index in [0.717, 1.165) is 5.56 Å². The summed E-state index contributed by atoms with van der Waals surface area (Å²) in [5, 5.41) is 13.7. The highest BCUT2D eigenvalue weighted by atomic mass is 32.2. The monoisotopic (exact) mass is 521 g/mol. The lowest BCUT2D eigenvalue weighted by Gasteiger charge is -2.22. The number of hydrogen-bond donors (Lipinski definition) is 2. The Morgan fingerprint density at radius 3 is 2.36 bits per heavy atom. The van der Waals surface area contributed by atoms with Gasteiger partial charge in [-0.05, 0) is 49.1 Å². The van der Waals surface area contributed by atoms with Crippen molar-refractivity contribution in [2.75, 3.05) is 25.1 Å². The number of benzene rings is 2. The normalized spacial score (nSPS) is 13.7. The van der Waals surface area contributed by atoms with E-state index in [4.69, 9.17) is 14.2 Å². The van der Waals surface area contributed by atoms with Gasteiger partial charge in [-0.1, -0.05) is 13.8 Å². The Kier molecular flexibility index (Phi) is 8.15. The first-order valence-electron chi connectivity index (χ1n) is 11.0. The number of anilines is 1. The zero-order valence-corrected chi connectivity index (χ0v) is 21.0. The number of carbonyl (C=O) groups excluding carboxylic acids is 2. The second-order valence-electron chi connectivity index (χ2n) is 8.52. The van der Waals surface area contributed by atoms with E-state index in [2.05, 4.69) is 10.0 Å². The fraction of sp³-hybridized carbons (Fsp3) is 0.391. The number of aryl methyl sites for hydroxylation is 2. The van der Waals surface area contributed by atoms with Crippen molar-refractivity contribution in [2.45, 2.75) is 38.6 Å². The molecule has 0 radical (unpaired) electrons. The first-order valence-corrected chi connectivity index (χ1v) is 12.5. The Balaban J connectivity index is 1.67. The van der Waals surface area contributed by atoms with Crippen molar-refractivity contribution in [2.24, 2.45) is 5.92 Å². The molecule has 1 atom stereocenters. The number of nitro groups is 1. The largest absolute Gasteiger partial charge is 0.486 e. The predicted octanol–water partition coefficient (Wildman–Crippen LogP) is 2.47. The summed E-state index contributed by atoms with van der Waals surface area (Å²) in [6.07, 6.45) is 0. The van der Waals surface area contributed by atoms with E-state index in [1.807, 2.05) is 0 Å². The van der Waals surface area contributed by atoms with Crippen LogP contribution >= 0.6 is 0 Å². The maximum atomic E-state index is 12.9. The van der Waals surface area contributed by atoms with Crippen molar-refractivity contribution in [3.8, 4) is 11.5 Å². The van der Waals surface area contributed by atoms with Crippen LogP contribution in [0.3, 0.4) is 0 Å². The molecule has 1 amide bonds. The average molecular weight is 522 g/mol. The molecule has 2 N–H and O–H groups in total. The molecule has 0 bridgehead atoms. The second kappa shape index (κ2) is 10.9. The van der Waals surface area contributed by atoms with Crippen LogP contribution in [0.1, 0.15) is 25.0 Å². The van der Waals surface area contributed by atoms with Gasteiger partial charge in [0.05, 0.1) is 9.82 Å². The molecule has 0 aliphatic carbocycles. The average Bonchev–Trinajstić information content (AvgIpc) is 2.82. The van der Waals surface area contributed by atoms with Crippen molar-refractivity contribution >= 4 is 33.3 Å². The molecular weight excluding hydrogens is 494 g/mol. The molecule has 194 valence electrons. The van der Waals surface area contributed by atoms with E-state index in [1.54, 1.807) is 27.7 Å². The molecule has 1 heterocycles. The molecule has 1 aliphatic rings. The number of rotatable bonds is 9. The molecule has 3 rings (SSSR count). The number of nitrogens with zero attached hydrogens (tertiary/aromatic N) is 1. The molecule has 0 saturated heterocycles. The highest BCUT2D eigenvalue weighted by Gasteiger charge is 2.31. The summed E-state index contributed by atoms with van der Waals surface area (Å²) >= 11 is 0.